The summed E-state index contributed by atoms with van der Waals surface area (Å²) in [6.07, 6.45) is 3.78. The lowest BCUT2D eigenvalue weighted by molar-refractivity contribution is 0.0928. The van der Waals surface area contributed by atoms with E-state index in [4.69, 9.17) is 0 Å². The molecule has 190 valence electrons. The lowest BCUT2D eigenvalue weighted by atomic mass is 9.96. The van der Waals surface area contributed by atoms with Crippen molar-refractivity contribution in [3.63, 3.8) is 0 Å². The number of halogens is 3. The maximum absolute atomic E-state index is 13.7. The molecule has 2 heterocycles. The Balaban J connectivity index is 1.45. The van der Waals surface area contributed by atoms with Crippen LogP contribution in [-0.4, -0.2) is 66.0 Å². The van der Waals surface area contributed by atoms with E-state index < -0.39 is 23.0 Å². The van der Waals surface area contributed by atoms with Crippen LogP contribution in [0.25, 0.3) is 0 Å². The van der Waals surface area contributed by atoms with Crippen LogP contribution in [0, 0.1) is 11.7 Å². The van der Waals surface area contributed by atoms with Crippen molar-refractivity contribution in [1.82, 2.24) is 20.4 Å². The molecular weight excluding hydrogens is 464 g/mol. The second-order valence-corrected chi connectivity index (χ2v) is 11.2. The lowest BCUT2D eigenvalue weighted by Crippen LogP contribution is -2.53. The van der Waals surface area contributed by atoms with Gasteiger partial charge in [0, 0.05) is 42.3 Å². The average molecular weight is 501 g/mol. The number of hydrogen-bond donors (Lipinski definition) is 2. The summed E-state index contributed by atoms with van der Waals surface area (Å²) in [5.74, 6) is -1.15. The zero-order valence-corrected chi connectivity index (χ0v) is 21.3. The van der Waals surface area contributed by atoms with Crippen molar-refractivity contribution in [2.24, 2.45) is 5.92 Å². The Bertz CT molecular complexity index is 880. The third-order valence-corrected chi connectivity index (χ3v) is 6.73. The number of amides is 3. The van der Waals surface area contributed by atoms with Gasteiger partial charge >= 0.3 is 6.03 Å². The molecule has 2 aliphatic rings. The molecule has 0 bridgehead atoms. The molecule has 34 heavy (non-hydrogen) atoms. The van der Waals surface area contributed by atoms with Gasteiger partial charge in [0.25, 0.3) is 11.6 Å². The highest BCUT2D eigenvalue weighted by Gasteiger charge is 2.33. The molecule has 1 aromatic rings. The predicted molar refractivity (Wildman–Crippen MR) is 130 cm³/mol. The van der Waals surface area contributed by atoms with E-state index in [-0.39, 0.29) is 29.1 Å². The summed E-state index contributed by atoms with van der Waals surface area (Å²) in [6.45, 7) is 9.70. The van der Waals surface area contributed by atoms with Gasteiger partial charge in [0.15, 0.2) is 0 Å². The van der Waals surface area contributed by atoms with Crippen molar-refractivity contribution in [3.8, 4) is 0 Å². The van der Waals surface area contributed by atoms with Crippen LogP contribution in [0.15, 0.2) is 18.2 Å². The molecule has 1 aromatic carbocycles. The van der Waals surface area contributed by atoms with Gasteiger partial charge in [0.1, 0.15) is 5.82 Å². The van der Waals surface area contributed by atoms with Crippen LogP contribution >= 0.6 is 9.24 Å². The molecule has 2 unspecified atom stereocenters. The number of hydrogen-bond acceptors (Lipinski definition) is 3. The number of urea groups is 1. The van der Waals surface area contributed by atoms with Crippen molar-refractivity contribution in [2.75, 3.05) is 32.7 Å². The molecule has 0 saturated carbocycles. The van der Waals surface area contributed by atoms with Gasteiger partial charge in [-0.1, -0.05) is 9.24 Å². The molecule has 6 nitrogen and oxygen atoms in total. The fourth-order valence-corrected chi connectivity index (χ4v) is 4.78. The van der Waals surface area contributed by atoms with E-state index >= 15 is 0 Å². The number of carbonyl (C=O) groups is 2. The Morgan fingerprint density at radius 3 is 2.38 bits per heavy atom. The zero-order valence-electron chi connectivity index (χ0n) is 20.2. The summed E-state index contributed by atoms with van der Waals surface area (Å²) in [6, 6.07) is 2.93. The average Bonchev–Trinajstić information content (AvgIpc) is 3.19. The number of nitrogens with zero attached hydrogens (tertiary/aromatic N) is 2. The van der Waals surface area contributed by atoms with Crippen molar-refractivity contribution in [2.45, 2.75) is 63.7 Å². The molecule has 0 radical (unpaired) electrons. The van der Waals surface area contributed by atoms with Crippen molar-refractivity contribution in [3.05, 3.63) is 35.1 Å². The molecule has 3 amide bonds. The van der Waals surface area contributed by atoms with Gasteiger partial charge in [0.2, 0.25) is 0 Å². The highest BCUT2D eigenvalue weighted by Crippen LogP contribution is 2.35. The third kappa shape index (κ3) is 7.57. The van der Waals surface area contributed by atoms with Gasteiger partial charge in [-0.15, -0.1) is 0 Å². The van der Waals surface area contributed by atoms with Crippen LogP contribution in [-0.2, 0) is 5.66 Å². The van der Waals surface area contributed by atoms with Gasteiger partial charge in [0.05, 0.1) is 0 Å². The minimum Gasteiger partial charge on any atom is -0.352 e. The maximum Gasteiger partial charge on any atom is 0.318 e. The second-order valence-electron chi connectivity index (χ2n) is 10.5. The summed E-state index contributed by atoms with van der Waals surface area (Å²) >= 11 is 0. The summed E-state index contributed by atoms with van der Waals surface area (Å²) in [7, 11) is 1.36. The first-order valence-corrected chi connectivity index (χ1v) is 12.5. The van der Waals surface area contributed by atoms with Crippen LogP contribution in [0.2, 0.25) is 0 Å². The van der Waals surface area contributed by atoms with E-state index in [2.05, 4.69) is 15.5 Å². The number of benzene rings is 1. The Morgan fingerprint density at radius 2 is 1.76 bits per heavy atom. The highest BCUT2D eigenvalue weighted by atomic mass is 31.0. The van der Waals surface area contributed by atoms with E-state index in [1.54, 1.807) is 0 Å². The molecular formula is C24H36F3N4O2P. The monoisotopic (exact) mass is 500 g/mol. The van der Waals surface area contributed by atoms with E-state index in [1.807, 2.05) is 25.7 Å². The number of alkyl halides is 2. The molecule has 0 aromatic heterocycles. The molecule has 3 rings (SSSR count). The molecule has 2 fully saturated rings. The summed E-state index contributed by atoms with van der Waals surface area (Å²) in [4.78, 5) is 29.4. The Kier molecular flexibility index (Phi) is 8.51. The summed E-state index contributed by atoms with van der Waals surface area (Å²) in [5, 5.41) is 5.82. The molecule has 0 spiro atoms. The second kappa shape index (κ2) is 10.8. The molecule has 10 heteroatoms. The van der Waals surface area contributed by atoms with E-state index in [1.165, 1.54) is 9.24 Å². The van der Waals surface area contributed by atoms with Gasteiger partial charge < -0.3 is 20.4 Å². The summed E-state index contributed by atoms with van der Waals surface area (Å²) < 4.78 is 40.8. The third-order valence-electron chi connectivity index (χ3n) is 6.39. The number of nitrogens with one attached hydrogen (secondary N) is 2. The van der Waals surface area contributed by atoms with Crippen LogP contribution < -0.4 is 10.6 Å². The largest absolute Gasteiger partial charge is 0.352 e. The van der Waals surface area contributed by atoms with Crippen molar-refractivity contribution in [1.29, 1.82) is 0 Å². The van der Waals surface area contributed by atoms with E-state index in [0.29, 0.717) is 6.54 Å². The number of rotatable bonds is 6. The quantitative estimate of drug-likeness (QED) is 0.577. The molecule has 2 saturated heterocycles. The van der Waals surface area contributed by atoms with Crippen LogP contribution in [0.4, 0.5) is 18.0 Å². The van der Waals surface area contributed by atoms with Gasteiger partial charge in [-0.2, -0.15) is 8.78 Å². The first-order valence-electron chi connectivity index (χ1n) is 11.9. The van der Waals surface area contributed by atoms with Crippen LogP contribution in [0.5, 0.6) is 0 Å². The normalized spacial score (nSPS) is 20.4. The smallest absolute Gasteiger partial charge is 0.318 e. The van der Waals surface area contributed by atoms with Crippen LogP contribution in [0.3, 0.4) is 0 Å². The van der Waals surface area contributed by atoms with Crippen molar-refractivity contribution >= 4 is 21.2 Å². The molecule has 2 atom stereocenters. The number of piperidine rings is 1. The fourth-order valence-electron chi connectivity index (χ4n) is 4.61. The lowest BCUT2D eigenvalue weighted by Gasteiger charge is -2.36. The number of likely N-dealkylation sites (tertiary alicyclic amines) is 2. The Labute approximate surface area is 202 Å². The Morgan fingerprint density at radius 1 is 1.09 bits per heavy atom. The first-order chi connectivity index (χ1) is 15.8. The van der Waals surface area contributed by atoms with Crippen molar-refractivity contribution < 1.29 is 22.8 Å². The SMILES string of the molecule is CC(C)(C)NC(=O)N1CCCC1CN1CCC(CNC(=O)c2cc(F)cc(C(F)(F)P)c2)CC1. The first kappa shape index (κ1) is 26.7. The standard InChI is InChI=1S/C24H36F3N4O2P/c1-23(2,3)29-22(33)31-8-4-5-20(31)15-30-9-6-16(7-10-30)14-28-21(32)17-11-18(24(26,27)34)13-19(25)12-17/h11-13,16,20H,4-10,14-15,34H2,1-3H3,(H,28,32)(H,29,33). The van der Waals surface area contributed by atoms with Gasteiger partial charge in [-0.05, 0) is 83.7 Å². The van der Waals surface area contributed by atoms with Gasteiger partial charge in [-0.3, -0.25) is 4.79 Å². The maximum atomic E-state index is 13.7. The summed E-state index contributed by atoms with van der Waals surface area (Å²) in [5.41, 5.74) is -4.22. The van der Waals surface area contributed by atoms with E-state index in [9.17, 15) is 22.8 Å². The molecule has 2 aliphatic heterocycles. The molecule has 2 N–H and O–H groups in total. The minimum atomic E-state index is -3.30. The van der Waals surface area contributed by atoms with Crippen LogP contribution in [0.1, 0.15) is 62.4 Å². The highest BCUT2D eigenvalue weighted by molar-refractivity contribution is 7.17. The minimum absolute atomic E-state index is 0.00691. The zero-order chi connectivity index (χ0) is 25.1. The topological polar surface area (TPSA) is 64.7 Å². The van der Waals surface area contributed by atoms with E-state index in [0.717, 1.165) is 70.1 Å². The molecule has 0 aliphatic carbocycles. The predicted octanol–water partition coefficient (Wildman–Crippen LogP) is 4.16. The fraction of sp³-hybridized carbons (Fsp3) is 0.667. The Hall–Kier alpha value is -1.86. The van der Waals surface area contributed by atoms with Gasteiger partial charge in [-0.25, -0.2) is 9.18 Å². The number of carbonyl (C=O) groups excluding carboxylic acids is 2.